The molecule has 20 heavy (non-hydrogen) atoms. The third-order valence-corrected chi connectivity index (χ3v) is 4.29. The summed E-state index contributed by atoms with van der Waals surface area (Å²) in [5, 5.41) is 0. The molecule has 2 N–H and O–H groups in total. The van der Waals surface area contributed by atoms with Crippen LogP contribution in [0.1, 0.15) is 38.7 Å². The molecule has 1 aliphatic rings. The van der Waals surface area contributed by atoms with Gasteiger partial charge in [0.15, 0.2) is 0 Å². The average Bonchev–Trinajstić information content (AvgIpc) is 2.45. The Labute approximate surface area is 123 Å². The van der Waals surface area contributed by atoms with E-state index in [2.05, 4.69) is 62.1 Å². The van der Waals surface area contributed by atoms with Crippen molar-refractivity contribution < 1.29 is 0 Å². The lowest BCUT2D eigenvalue weighted by molar-refractivity contribution is 0.263. The highest BCUT2D eigenvalue weighted by Gasteiger charge is 2.22. The lowest BCUT2D eigenvalue weighted by Crippen LogP contribution is -2.36. The van der Waals surface area contributed by atoms with Gasteiger partial charge in [-0.15, -0.1) is 0 Å². The van der Waals surface area contributed by atoms with Crippen molar-refractivity contribution >= 4 is 0 Å². The van der Waals surface area contributed by atoms with Crippen molar-refractivity contribution in [2.24, 2.45) is 11.1 Å². The maximum Gasteiger partial charge on any atom is 0.0166 e. The van der Waals surface area contributed by atoms with Gasteiger partial charge in [0.1, 0.15) is 0 Å². The summed E-state index contributed by atoms with van der Waals surface area (Å²) in [5.74, 6) is 0.445. The number of benzene rings is 1. The van der Waals surface area contributed by atoms with E-state index >= 15 is 0 Å². The molecule has 0 radical (unpaired) electrons. The SMILES string of the molecule is CC(C)(C)C1=CCN(CC(CN)c2ccccc2)CC1. The molecule has 1 aliphatic heterocycles. The van der Waals surface area contributed by atoms with Gasteiger partial charge in [0.2, 0.25) is 0 Å². The lowest BCUT2D eigenvalue weighted by atomic mass is 9.83. The summed E-state index contributed by atoms with van der Waals surface area (Å²) in [5.41, 5.74) is 9.25. The molecule has 0 spiro atoms. The summed E-state index contributed by atoms with van der Waals surface area (Å²) < 4.78 is 0. The molecule has 2 heteroatoms. The molecule has 0 saturated heterocycles. The molecule has 0 fully saturated rings. The molecule has 1 atom stereocenters. The van der Waals surface area contributed by atoms with E-state index in [0.717, 1.165) is 26.2 Å². The van der Waals surface area contributed by atoms with Gasteiger partial charge in [-0.1, -0.05) is 62.8 Å². The fourth-order valence-corrected chi connectivity index (χ4v) is 2.91. The minimum absolute atomic E-state index is 0.318. The quantitative estimate of drug-likeness (QED) is 0.851. The summed E-state index contributed by atoms with van der Waals surface area (Å²) in [6.45, 7) is 10.9. The van der Waals surface area contributed by atoms with Crippen molar-refractivity contribution in [1.82, 2.24) is 4.90 Å². The lowest BCUT2D eigenvalue weighted by Gasteiger charge is -2.34. The van der Waals surface area contributed by atoms with E-state index in [1.807, 2.05) is 0 Å². The Morgan fingerprint density at radius 2 is 1.90 bits per heavy atom. The van der Waals surface area contributed by atoms with E-state index in [4.69, 9.17) is 5.73 Å². The zero-order valence-corrected chi connectivity index (χ0v) is 13.1. The van der Waals surface area contributed by atoms with E-state index in [1.165, 1.54) is 12.0 Å². The van der Waals surface area contributed by atoms with Crippen LogP contribution >= 0.6 is 0 Å². The standard InChI is InChI=1S/C18H28N2/c1-18(2,3)17-9-11-20(12-10-17)14-16(13-19)15-7-5-4-6-8-15/h4-9,16H,10-14,19H2,1-3H3. The van der Waals surface area contributed by atoms with Gasteiger partial charge in [-0.25, -0.2) is 0 Å². The first-order valence-corrected chi connectivity index (χ1v) is 7.67. The van der Waals surface area contributed by atoms with Crippen LogP contribution in [0.3, 0.4) is 0 Å². The van der Waals surface area contributed by atoms with Crippen LogP contribution < -0.4 is 5.73 Å². The molecule has 0 amide bonds. The van der Waals surface area contributed by atoms with Crippen molar-refractivity contribution in [3.05, 3.63) is 47.5 Å². The highest BCUT2D eigenvalue weighted by molar-refractivity contribution is 5.21. The van der Waals surface area contributed by atoms with E-state index in [-0.39, 0.29) is 0 Å². The first-order chi connectivity index (χ1) is 9.50. The molecule has 0 aliphatic carbocycles. The van der Waals surface area contributed by atoms with Crippen LogP contribution in [0.2, 0.25) is 0 Å². The Morgan fingerprint density at radius 1 is 1.20 bits per heavy atom. The van der Waals surface area contributed by atoms with Crippen LogP contribution in [-0.2, 0) is 0 Å². The zero-order valence-electron chi connectivity index (χ0n) is 13.1. The van der Waals surface area contributed by atoms with Crippen molar-refractivity contribution in [3.63, 3.8) is 0 Å². The monoisotopic (exact) mass is 272 g/mol. The Balaban J connectivity index is 1.96. The van der Waals surface area contributed by atoms with Gasteiger partial charge in [-0.05, 0) is 17.4 Å². The second kappa shape index (κ2) is 6.55. The second-order valence-electron chi connectivity index (χ2n) is 6.83. The normalized spacial score (nSPS) is 18.7. The number of hydrogen-bond acceptors (Lipinski definition) is 2. The fourth-order valence-electron chi connectivity index (χ4n) is 2.91. The topological polar surface area (TPSA) is 29.3 Å². The van der Waals surface area contributed by atoms with E-state index in [9.17, 15) is 0 Å². The highest BCUT2D eigenvalue weighted by atomic mass is 15.1. The van der Waals surface area contributed by atoms with Crippen molar-refractivity contribution in [2.45, 2.75) is 33.1 Å². The van der Waals surface area contributed by atoms with Crippen LogP contribution in [0.4, 0.5) is 0 Å². The third kappa shape index (κ3) is 3.94. The molecule has 1 aromatic rings. The Kier molecular flexibility index (Phi) is 5.00. The van der Waals surface area contributed by atoms with Crippen LogP contribution in [0.5, 0.6) is 0 Å². The maximum absolute atomic E-state index is 5.98. The smallest absolute Gasteiger partial charge is 0.0166 e. The maximum atomic E-state index is 5.98. The van der Waals surface area contributed by atoms with Crippen LogP contribution in [0, 0.1) is 5.41 Å². The summed E-state index contributed by atoms with van der Waals surface area (Å²) in [6, 6.07) is 10.7. The molecule has 2 rings (SSSR count). The van der Waals surface area contributed by atoms with Gasteiger partial charge in [-0.3, -0.25) is 4.90 Å². The molecule has 0 bridgehead atoms. The zero-order chi connectivity index (χ0) is 14.6. The number of nitrogens with two attached hydrogens (primary N) is 1. The number of nitrogens with zero attached hydrogens (tertiary/aromatic N) is 1. The van der Waals surface area contributed by atoms with Gasteiger partial charge in [-0.2, -0.15) is 0 Å². The number of hydrogen-bond donors (Lipinski definition) is 1. The van der Waals surface area contributed by atoms with Gasteiger partial charge in [0.05, 0.1) is 0 Å². The summed E-state index contributed by atoms with van der Waals surface area (Å²) >= 11 is 0. The number of rotatable bonds is 4. The van der Waals surface area contributed by atoms with Crippen molar-refractivity contribution in [2.75, 3.05) is 26.2 Å². The van der Waals surface area contributed by atoms with Crippen LogP contribution in [0.25, 0.3) is 0 Å². The Hall–Kier alpha value is -1.12. The molecule has 1 unspecified atom stereocenters. The molecule has 2 nitrogen and oxygen atoms in total. The third-order valence-electron chi connectivity index (χ3n) is 4.29. The summed E-state index contributed by atoms with van der Waals surface area (Å²) in [7, 11) is 0. The Morgan fingerprint density at radius 3 is 2.40 bits per heavy atom. The molecule has 1 aromatic carbocycles. The molecule has 0 saturated carbocycles. The average molecular weight is 272 g/mol. The molecular formula is C18H28N2. The van der Waals surface area contributed by atoms with E-state index in [1.54, 1.807) is 5.57 Å². The van der Waals surface area contributed by atoms with Crippen LogP contribution in [0.15, 0.2) is 42.0 Å². The van der Waals surface area contributed by atoms with Crippen molar-refractivity contribution in [1.29, 1.82) is 0 Å². The second-order valence-corrected chi connectivity index (χ2v) is 6.83. The van der Waals surface area contributed by atoms with Gasteiger partial charge < -0.3 is 5.73 Å². The minimum atomic E-state index is 0.318. The van der Waals surface area contributed by atoms with E-state index in [0.29, 0.717) is 11.3 Å². The first-order valence-electron chi connectivity index (χ1n) is 7.67. The van der Waals surface area contributed by atoms with Gasteiger partial charge in [0.25, 0.3) is 0 Å². The molecule has 110 valence electrons. The minimum Gasteiger partial charge on any atom is -0.330 e. The van der Waals surface area contributed by atoms with Gasteiger partial charge in [0, 0.05) is 32.1 Å². The predicted octanol–water partition coefficient (Wildman–Crippen LogP) is 3.41. The van der Waals surface area contributed by atoms with Crippen LogP contribution in [-0.4, -0.2) is 31.1 Å². The molecular weight excluding hydrogens is 244 g/mol. The van der Waals surface area contributed by atoms with Crippen molar-refractivity contribution in [3.8, 4) is 0 Å². The molecule has 1 heterocycles. The summed E-state index contributed by atoms with van der Waals surface area (Å²) in [4.78, 5) is 2.53. The highest BCUT2D eigenvalue weighted by Crippen LogP contribution is 2.30. The van der Waals surface area contributed by atoms with Gasteiger partial charge >= 0.3 is 0 Å². The Bertz CT molecular complexity index is 442. The predicted molar refractivity (Wildman–Crippen MR) is 86.8 cm³/mol. The fraction of sp³-hybridized carbons (Fsp3) is 0.556. The summed E-state index contributed by atoms with van der Waals surface area (Å²) in [6.07, 6.45) is 3.61. The first kappa shape index (κ1) is 15.3. The van der Waals surface area contributed by atoms with E-state index < -0.39 is 0 Å². The molecule has 0 aromatic heterocycles. The largest absolute Gasteiger partial charge is 0.330 e.